The highest BCUT2D eigenvalue weighted by atomic mass is 19.1. The van der Waals surface area contributed by atoms with Gasteiger partial charge in [-0.25, -0.2) is 4.39 Å². The molecule has 18 heavy (non-hydrogen) atoms. The fourth-order valence-corrected chi connectivity index (χ4v) is 1.19. The van der Waals surface area contributed by atoms with E-state index >= 15 is 0 Å². The number of hydrogen-bond donors (Lipinski definition) is 2. The third-order valence-electron chi connectivity index (χ3n) is 2.26. The molecule has 0 amide bonds. The minimum absolute atomic E-state index is 0.380. The molecule has 1 aromatic rings. The fourth-order valence-electron chi connectivity index (χ4n) is 1.19. The summed E-state index contributed by atoms with van der Waals surface area (Å²) < 4.78 is 18.0. The zero-order valence-corrected chi connectivity index (χ0v) is 10.5. The predicted octanol–water partition coefficient (Wildman–Crippen LogP) is 2.64. The number of ether oxygens (including phenoxy) is 1. The van der Waals surface area contributed by atoms with E-state index < -0.39 is 5.82 Å². The van der Waals surface area contributed by atoms with Gasteiger partial charge in [0.2, 0.25) is 0 Å². The van der Waals surface area contributed by atoms with Crippen molar-refractivity contribution < 1.29 is 9.13 Å². The number of rotatable bonds is 6. The molecular weight excluding hydrogens is 237 g/mol. The molecule has 0 spiro atoms. The molecule has 7 heteroatoms. The van der Waals surface area contributed by atoms with E-state index in [1.54, 1.807) is 20.0 Å². The number of hydrogen-bond acceptors (Lipinski definition) is 4. The maximum atomic E-state index is 13.2. The van der Waals surface area contributed by atoms with Gasteiger partial charge in [-0.1, -0.05) is 5.22 Å². The van der Waals surface area contributed by atoms with Crippen molar-refractivity contribution in [2.24, 2.45) is 10.3 Å². The van der Waals surface area contributed by atoms with E-state index in [0.717, 1.165) is 6.34 Å². The van der Waals surface area contributed by atoms with E-state index in [-0.39, 0.29) is 6.23 Å². The Morgan fingerprint density at radius 3 is 2.89 bits per heavy atom. The first-order valence-electron chi connectivity index (χ1n) is 5.30. The lowest BCUT2D eigenvalue weighted by atomic mass is 10.2. The van der Waals surface area contributed by atoms with Crippen molar-refractivity contribution in [1.29, 1.82) is 5.41 Å². The molecule has 0 aromatic heterocycles. The molecule has 1 aromatic carbocycles. The smallest absolute Gasteiger partial charge is 0.167 e. The Morgan fingerprint density at radius 2 is 2.28 bits per heavy atom. The van der Waals surface area contributed by atoms with E-state index in [1.807, 2.05) is 0 Å². The molecule has 0 bridgehead atoms. The van der Waals surface area contributed by atoms with Crippen molar-refractivity contribution in [2.75, 3.05) is 24.5 Å². The molecule has 0 heterocycles. The van der Waals surface area contributed by atoms with Crippen molar-refractivity contribution in [1.82, 2.24) is 0 Å². The molecule has 0 saturated carbocycles. The van der Waals surface area contributed by atoms with Crippen LogP contribution in [0.25, 0.3) is 0 Å². The summed E-state index contributed by atoms with van der Waals surface area (Å²) in [6, 6.07) is 4.15. The van der Waals surface area contributed by atoms with Crippen LogP contribution in [0.1, 0.15) is 6.92 Å². The maximum absolute atomic E-state index is 13.2. The van der Waals surface area contributed by atoms with Crippen LogP contribution in [0.5, 0.6) is 0 Å². The third kappa shape index (κ3) is 3.77. The van der Waals surface area contributed by atoms with Gasteiger partial charge in [0.1, 0.15) is 5.82 Å². The number of benzene rings is 1. The average molecular weight is 253 g/mol. The third-order valence-corrected chi connectivity index (χ3v) is 2.26. The molecule has 6 nitrogen and oxygen atoms in total. The fraction of sp³-hybridized carbons (Fsp3) is 0.364. The van der Waals surface area contributed by atoms with Gasteiger partial charge in [0.25, 0.3) is 0 Å². The summed E-state index contributed by atoms with van der Waals surface area (Å²) in [6.07, 6.45) is 0.739. The zero-order valence-electron chi connectivity index (χ0n) is 10.5. The summed E-state index contributed by atoms with van der Waals surface area (Å²) in [6.45, 7) is 1.72. The maximum Gasteiger partial charge on any atom is 0.167 e. The molecule has 1 atom stereocenters. The topological polar surface area (TPSA) is 73.1 Å². The first-order valence-corrected chi connectivity index (χ1v) is 5.30. The largest absolute Gasteiger partial charge is 0.358 e. The van der Waals surface area contributed by atoms with Crippen LogP contribution in [0, 0.1) is 11.2 Å². The van der Waals surface area contributed by atoms with Crippen LogP contribution in [-0.2, 0) is 4.74 Å². The first-order chi connectivity index (χ1) is 8.58. The quantitative estimate of drug-likeness (QED) is 0.354. The summed E-state index contributed by atoms with van der Waals surface area (Å²) in [5, 5.41) is 14.7. The average Bonchev–Trinajstić information content (AvgIpc) is 2.37. The van der Waals surface area contributed by atoms with Crippen LogP contribution < -0.4 is 10.3 Å². The van der Waals surface area contributed by atoms with E-state index in [4.69, 9.17) is 10.1 Å². The predicted molar refractivity (Wildman–Crippen MR) is 68.5 cm³/mol. The minimum atomic E-state index is -0.394. The summed E-state index contributed by atoms with van der Waals surface area (Å²) in [4.78, 5) is 1.52. The number of nitrogens with zero attached hydrogens (tertiary/aromatic N) is 3. The normalized spacial score (nSPS) is 12.4. The van der Waals surface area contributed by atoms with Gasteiger partial charge >= 0.3 is 0 Å². The zero-order chi connectivity index (χ0) is 13.5. The molecule has 0 aliphatic carbocycles. The molecule has 1 unspecified atom stereocenters. The second-order valence-corrected chi connectivity index (χ2v) is 3.56. The Bertz CT molecular complexity index is 437. The van der Waals surface area contributed by atoms with E-state index in [9.17, 15) is 4.39 Å². The van der Waals surface area contributed by atoms with Crippen LogP contribution in [0.3, 0.4) is 0 Å². The van der Waals surface area contributed by atoms with Crippen LogP contribution in [0.2, 0.25) is 0 Å². The van der Waals surface area contributed by atoms with Gasteiger partial charge in [-0.15, -0.1) is 5.11 Å². The second kappa shape index (κ2) is 6.65. The Labute approximate surface area is 105 Å². The standard InChI is InChI=1S/C11H16FN5O/c1-8(18-3)14-16-15-10-6-9(12)4-5-11(10)17(2)7-13/h4-8,13H,1-3H3,(H,14,15). The van der Waals surface area contributed by atoms with Crippen LogP contribution in [0.15, 0.2) is 28.5 Å². The second-order valence-electron chi connectivity index (χ2n) is 3.56. The molecule has 98 valence electrons. The minimum Gasteiger partial charge on any atom is -0.358 e. The summed E-state index contributed by atoms with van der Waals surface area (Å²) >= 11 is 0. The van der Waals surface area contributed by atoms with Crippen LogP contribution in [-0.4, -0.2) is 26.7 Å². The molecule has 0 radical (unpaired) electrons. The van der Waals surface area contributed by atoms with E-state index in [2.05, 4.69) is 15.8 Å². The molecule has 1 rings (SSSR count). The van der Waals surface area contributed by atoms with E-state index in [1.165, 1.54) is 24.1 Å². The Hall–Kier alpha value is -2.02. The number of nitrogens with one attached hydrogen (secondary N) is 2. The van der Waals surface area contributed by atoms with Crippen LogP contribution >= 0.6 is 0 Å². The molecule has 0 fully saturated rings. The van der Waals surface area contributed by atoms with Gasteiger partial charge in [-0.3, -0.25) is 10.8 Å². The number of halogens is 1. The number of anilines is 2. The highest BCUT2D eigenvalue weighted by Crippen LogP contribution is 2.25. The van der Waals surface area contributed by atoms with Crippen molar-refractivity contribution in [3.8, 4) is 0 Å². The lowest BCUT2D eigenvalue weighted by Gasteiger charge is -2.16. The summed E-state index contributed by atoms with van der Waals surface area (Å²) in [7, 11) is 3.19. The van der Waals surface area contributed by atoms with Gasteiger partial charge in [0.05, 0.1) is 17.7 Å². The lowest BCUT2D eigenvalue weighted by molar-refractivity contribution is 0.120. The highest BCUT2D eigenvalue weighted by Gasteiger charge is 2.06. The van der Waals surface area contributed by atoms with Crippen molar-refractivity contribution >= 4 is 17.7 Å². The first kappa shape index (κ1) is 14.0. The van der Waals surface area contributed by atoms with Gasteiger partial charge in [0.15, 0.2) is 6.23 Å². The van der Waals surface area contributed by atoms with Gasteiger partial charge in [-0.2, -0.15) is 0 Å². The van der Waals surface area contributed by atoms with Gasteiger partial charge < -0.3 is 9.64 Å². The summed E-state index contributed by atoms with van der Waals surface area (Å²) in [5.74, 6) is -0.394. The van der Waals surface area contributed by atoms with Gasteiger partial charge in [-0.05, 0) is 19.1 Å². The van der Waals surface area contributed by atoms with Crippen molar-refractivity contribution in [2.45, 2.75) is 13.2 Å². The van der Waals surface area contributed by atoms with Crippen molar-refractivity contribution in [3.05, 3.63) is 24.0 Å². The molecule has 0 saturated heterocycles. The van der Waals surface area contributed by atoms with Gasteiger partial charge in [0, 0.05) is 20.2 Å². The van der Waals surface area contributed by atoms with Crippen molar-refractivity contribution in [3.63, 3.8) is 0 Å². The lowest BCUT2D eigenvalue weighted by Crippen LogP contribution is -2.15. The number of methoxy groups -OCH3 is 1. The SMILES string of the molecule is COC(C)/N=N\Nc1cc(F)ccc1N(C)C=N. The Morgan fingerprint density at radius 1 is 1.56 bits per heavy atom. The molecular formula is C11H16FN5O. The Balaban J connectivity index is 2.89. The molecule has 0 aliphatic rings. The highest BCUT2D eigenvalue weighted by molar-refractivity contribution is 5.83. The molecule has 0 aliphatic heterocycles. The summed E-state index contributed by atoms with van der Waals surface area (Å²) in [5.41, 5.74) is 3.67. The monoisotopic (exact) mass is 253 g/mol. The van der Waals surface area contributed by atoms with E-state index in [0.29, 0.717) is 11.4 Å². The van der Waals surface area contributed by atoms with Crippen LogP contribution in [0.4, 0.5) is 15.8 Å². The Kier molecular flexibility index (Phi) is 5.19. The molecule has 2 N–H and O–H groups in total.